The first kappa shape index (κ1) is 14.4. The summed E-state index contributed by atoms with van der Waals surface area (Å²) in [7, 11) is 0. The maximum Gasteiger partial charge on any atom is 0.251 e. The van der Waals surface area contributed by atoms with Crippen molar-refractivity contribution >= 4 is 17.5 Å². The van der Waals surface area contributed by atoms with E-state index in [4.69, 9.17) is 11.6 Å². The van der Waals surface area contributed by atoms with Crippen LogP contribution in [0.15, 0.2) is 67.0 Å². The van der Waals surface area contributed by atoms with E-state index in [1.807, 2.05) is 42.6 Å². The molecule has 1 aromatic heterocycles. The normalized spacial score (nSPS) is 10.4. The summed E-state index contributed by atoms with van der Waals surface area (Å²) in [6, 6.07) is 16.6. The largest absolute Gasteiger partial charge is 0.348 e. The van der Waals surface area contributed by atoms with Gasteiger partial charge in [-0.1, -0.05) is 29.8 Å². The smallest absolute Gasteiger partial charge is 0.251 e. The minimum Gasteiger partial charge on any atom is -0.348 e. The summed E-state index contributed by atoms with van der Waals surface area (Å²) in [5.74, 6) is -0.131. The second-order valence-electron chi connectivity index (χ2n) is 4.81. The number of halogens is 1. The lowest BCUT2D eigenvalue weighted by molar-refractivity contribution is 0.0951. The van der Waals surface area contributed by atoms with Gasteiger partial charge in [0.05, 0.1) is 5.69 Å². The summed E-state index contributed by atoms with van der Waals surface area (Å²) < 4.78 is 1.72. The van der Waals surface area contributed by atoms with Crippen molar-refractivity contribution in [1.29, 1.82) is 0 Å². The Balaban J connectivity index is 1.71. The average molecular weight is 312 g/mol. The Morgan fingerprint density at radius 1 is 1.14 bits per heavy atom. The van der Waals surface area contributed by atoms with Gasteiger partial charge < -0.3 is 5.32 Å². The Labute approximate surface area is 133 Å². The number of hydrogen-bond donors (Lipinski definition) is 1. The zero-order chi connectivity index (χ0) is 15.4. The van der Waals surface area contributed by atoms with Crippen molar-refractivity contribution in [2.45, 2.75) is 6.54 Å². The van der Waals surface area contributed by atoms with E-state index in [2.05, 4.69) is 10.4 Å². The highest BCUT2D eigenvalue weighted by Gasteiger charge is 2.07. The molecule has 0 fully saturated rings. The van der Waals surface area contributed by atoms with Gasteiger partial charge in [0.1, 0.15) is 0 Å². The zero-order valence-electron chi connectivity index (χ0n) is 11.7. The van der Waals surface area contributed by atoms with Crippen LogP contribution in [0.5, 0.6) is 0 Å². The molecule has 110 valence electrons. The molecule has 22 heavy (non-hydrogen) atoms. The lowest BCUT2D eigenvalue weighted by Crippen LogP contribution is -2.22. The standard InChI is InChI=1S/C17H14ClN3O/c18-15-6-1-4-13(10-15)12-19-17(22)14-5-2-7-16(11-14)21-9-3-8-20-21/h1-11H,12H2,(H,19,22). The van der Waals surface area contributed by atoms with E-state index in [1.165, 1.54) is 0 Å². The Morgan fingerprint density at radius 3 is 2.77 bits per heavy atom. The van der Waals surface area contributed by atoms with Gasteiger partial charge in [-0.15, -0.1) is 0 Å². The number of benzene rings is 2. The third kappa shape index (κ3) is 3.35. The molecule has 1 heterocycles. The van der Waals surface area contributed by atoms with E-state index >= 15 is 0 Å². The summed E-state index contributed by atoms with van der Waals surface area (Å²) in [6.45, 7) is 0.436. The predicted octanol–water partition coefficient (Wildman–Crippen LogP) is 3.46. The van der Waals surface area contributed by atoms with Crippen LogP contribution in [0, 0.1) is 0 Å². The quantitative estimate of drug-likeness (QED) is 0.802. The highest BCUT2D eigenvalue weighted by molar-refractivity contribution is 6.30. The van der Waals surface area contributed by atoms with Gasteiger partial charge in [-0.25, -0.2) is 4.68 Å². The Kier molecular flexibility index (Phi) is 4.21. The molecule has 0 radical (unpaired) electrons. The molecular formula is C17H14ClN3O. The van der Waals surface area contributed by atoms with Crippen LogP contribution < -0.4 is 5.32 Å². The van der Waals surface area contributed by atoms with Crippen LogP contribution in [-0.2, 0) is 6.54 Å². The molecule has 3 aromatic rings. The van der Waals surface area contributed by atoms with Crippen molar-refractivity contribution < 1.29 is 4.79 Å². The molecule has 0 saturated heterocycles. The molecule has 0 unspecified atom stereocenters. The van der Waals surface area contributed by atoms with E-state index in [9.17, 15) is 4.79 Å². The third-order valence-corrected chi connectivity index (χ3v) is 3.45. The minimum atomic E-state index is -0.131. The number of carbonyl (C=O) groups excluding carboxylic acids is 1. The third-order valence-electron chi connectivity index (χ3n) is 3.22. The summed E-state index contributed by atoms with van der Waals surface area (Å²) in [5, 5.41) is 7.71. The van der Waals surface area contributed by atoms with Crippen molar-refractivity contribution in [1.82, 2.24) is 15.1 Å². The Morgan fingerprint density at radius 2 is 2.00 bits per heavy atom. The SMILES string of the molecule is O=C(NCc1cccc(Cl)c1)c1cccc(-n2cccn2)c1. The van der Waals surface area contributed by atoms with Crippen LogP contribution in [0.2, 0.25) is 5.02 Å². The van der Waals surface area contributed by atoms with E-state index < -0.39 is 0 Å². The molecule has 4 nitrogen and oxygen atoms in total. The second kappa shape index (κ2) is 6.45. The fourth-order valence-corrected chi connectivity index (χ4v) is 2.36. The molecular weight excluding hydrogens is 298 g/mol. The molecule has 0 aliphatic rings. The molecule has 1 amide bonds. The van der Waals surface area contributed by atoms with Gasteiger partial charge in [0, 0.05) is 29.5 Å². The highest BCUT2D eigenvalue weighted by atomic mass is 35.5. The number of rotatable bonds is 4. The van der Waals surface area contributed by atoms with Crippen LogP contribution in [0.25, 0.3) is 5.69 Å². The van der Waals surface area contributed by atoms with Gasteiger partial charge in [-0.2, -0.15) is 5.10 Å². The summed E-state index contributed by atoms with van der Waals surface area (Å²) in [5.41, 5.74) is 2.40. The first-order valence-electron chi connectivity index (χ1n) is 6.85. The van der Waals surface area contributed by atoms with Crippen LogP contribution >= 0.6 is 11.6 Å². The van der Waals surface area contributed by atoms with Crippen molar-refractivity contribution in [2.75, 3.05) is 0 Å². The number of nitrogens with one attached hydrogen (secondary N) is 1. The van der Waals surface area contributed by atoms with Gasteiger partial charge in [0.2, 0.25) is 0 Å². The minimum absolute atomic E-state index is 0.131. The van der Waals surface area contributed by atoms with Gasteiger partial charge in [-0.3, -0.25) is 4.79 Å². The highest BCUT2D eigenvalue weighted by Crippen LogP contribution is 2.12. The molecule has 0 aliphatic heterocycles. The lowest BCUT2D eigenvalue weighted by Gasteiger charge is -2.07. The van der Waals surface area contributed by atoms with Crippen LogP contribution in [0.1, 0.15) is 15.9 Å². The molecule has 1 N–H and O–H groups in total. The van der Waals surface area contributed by atoms with Crippen LogP contribution in [-0.4, -0.2) is 15.7 Å². The average Bonchev–Trinajstić information content (AvgIpc) is 3.07. The second-order valence-corrected chi connectivity index (χ2v) is 5.25. The summed E-state index contributed by atoms with van der Waals surface area (Å²) >= 11 is 5.93. The molecule has 0 spiro atoms. The first-order valence-corrected chi connectivity index (χ1v) is 7.23. The molecule has 3 rings (SSSR count). The molecule has 0 aliphatic carbocycles. The van der Waals surface area contributed by atoms with Crippen molar-refractivity contribution in [2.24, 2.45) is 0 Å². The maximum atomic E-state index is 12.3. The fraction of sp³-hybridized carbons (Fsp3) is 0.0588. The van der Waals surface area contributed by atoms with Crippen molar-refractivity contribution in [3.63, 3.8) is 0 Å². The Bertz CT molecular complexity index is 784. The van der Waals surface area contributed by atoms with Crippen LogP contribution in [0.4, 0.5) is 0 Å². The Hall–Kier alpha value is -2.59. The van der Waals surface area contributed by atoms with Crippen LogP contribution in [0.3, 0.4) is 0 Å². The number of carbonyl (C=O) groups is 1. The van der Waals surface area contributed by atoms with Gasteiger partial charge in [0.15, 0.2) is 0 Å². The van der Waals surface area contributed by atoms with Crippen molar-refractivity contribution in [3.8, 4) is 5.69 Å². The monoisotopic (exact) mass is 311 g/mol. The molecule has 5 heteroatoms. The van der Waals surface area contributed by atoms with Crippen molar-refractivity contribution in [3.05, 3.63) is 83.1 Å². The number of nitrogens with zero attached hydrogens (tertiary/aromatic N) is 2. The molecule has 2 aromatic carbocycles. The van der Waals surface area contributed by atoms with Gasteiger partial charge in [-0.05, 0) is 42.0 Å². The predicted molar refractivity (Wildman–Crippen MR) is 86.2 cm³/mol. The fourth-order valence-electron chi connectivity index (χ4n) is 2.14. The van der Waals surface area contributed by atoms with Gasteiger partial charge >= 0.3 is 0 Å². The topological polar surface area (TPSA) is 46.9 Å². The number of aromatic nitrogens is 2. The van der Waals surface area contributed by atoms with E-state index in [1.54, 1.807) is 29.1 Å². The summed E-state index contributed by atoms with van der Waals surface area (Å²) in [6.07, 6.45) is 3.54. The first-order chi connectivity index (χ1) is 10.7. The van der Waals surface area contributed by atoms with Gasteiger partial charge in [0.25, 0.3) is 5.91 Å². The molecule has 0 bridgehead atoms. The number of hydrogen-bond acceptors (Lipinski definition) is 2. The maximum absolute atomic E-state index is 12.3. The van der Waals surface area contributed by atoms with E-state index in [-0.39, 0.29) is 5.91 Å². The van der Waals surface area contributed by atoms with E-state index in [0.29, 0.717) is 17.1 Å². The summed E-state index contributed by atoms with van der Waals surface area (Å²) in [4.78, 5) is 12.3. The lowest BCUT2D eigenvalue weighted by atomic mass is 10.1. The molecule has 0 saturated carbocycles. The molecule has 0 atom stereocenters. The number of amides is 1. The van der Waals surface area contributed by atoms with E-state index in [0.717, 1.165) is 11.3 Å². The zero-order valence-corrected chi connectivity index (χ0v) is 12.5.